The van der Waals surface area contributed by atoms with Crippen LogP contribution >= 0.6 is 0 Å². The van der Waals surface area contributed by atoms with Crippen molar-refractivity contribution in [2.45, 2.75) is 43.3 Å². The van der Waals surface area contributed by atoms with E-state index in [4.69, 9.17) is 23.7 Å². The second kappa shape index (κ2) is 7.00. The van der Waals surface area contributed by atoms with Gasteiger partial charge in [0.15, 0.2) is 18.9 Å². The van der Waals surface area contributed by atoms with Crippen molar-refractivity contribution >= 4 is 0 Å². The van der Waals surface area contributed by atoms with Crippen LogP contribution in [0.5, 0.6) is 11.5 Å². The molecule has 3 heterocycles. The van der Waals surface area contributed by atoms with Crippen LogP contribution in [0.15, 0.2) is 48.5 Å². The third kappa shape index (κ3) is 3.04. The molecular formula is C20H20O8. The first kappa shape index (κ1) is 17.9. The van der Waals surface area contributed by atoms with Crippen molar-refractivity contribution in [2.24, 2.45) is 0 Å². The van der Waals surface area contributed by atoms with Crippen molar-refractivity contribution in [1.82, 2.24) is 0 Å². The minimum Gasteiger partial charge on any atom is -0.508 e. The lowest BCUT2D eigenvalue weighted by Gasteiger charge is -2.38. The first-order valence-corrected chi connectivity index (χ1v) is 9.08. The molecule has 0 aliphatic carbocycles. The van der Waals surface area contributed by atoms with E-state index in [1.54, 1.807) is 48.5 Å². The van der Waals surface area contributed by atoms with E-state index in [9.17, 15) is 15.3 Å². The van der Waals surface area contributed by atoms with Gasteiger partial charge in [-0.2, -0.15) is 0 Å². The lowest BCUT2D eigenvalue weighted by molar-refractivity contribution is -0.305. The van der Waals surface area contributed by atoms with Gasteiger partial charge in [0.1, 0.15) is 35.9 Å². The molecule has 3 saturated heterocycles. The molecule has 2 aromatic carbocycles. The van der Waals surface area contributed by atoms with Gasteiger partial charge in [0.05, 0.1) is 6.61 Å². The number of hydrogen-bond donors (Lipinski definition) is 3. The molecule has 8 heteroatoms. The van der Waals surface area contributed by atoms with Gasteiger partial charge in [-0.05, 0) is 24.3 Å². The van der Waals surface area contributed by atoms with E-state index in [0.29, 0.717) is 5.56 Å². The molecule has 0 bridgehead atoms. The Morgan fingerprint density at radius 1 is 0.607 bits per heavy atom. The smallest absolute Gasteiger partial charge is 0.190 e. The molecule has 3 aliphatic heterocycles. The number of aromatic hydroxyl groups is 2. The Morgan fingerprint density at radius 2 is 1.14 bits per heavy atom. The zero-order valence-electron chi connectivity index (χ0n) is 14.8. The van der Waals surface area contributed by atoms with E-state index < -0.39 is 43.3 Å². The maximum absolute atomic E-state index is 9.76. The normalized spacial score (nSPS) is 36.8. The predicted octanol–water partition coefficient (Wildman–Crippen LogP) is 1.71. The van der Waals surface area contributed by atoms with Gasteiger partial charge in [-0.1, -0.05) is 24.3 Å². The molecule has 3 fully saturated rings. The van der Waals surface area contributed by atoms with Gasteiger partial charge in [0, 0.05) is 11.1 Å². The summed E-state index contributed by atoms with van der Waals surface area (Å²) in [7, 11) is 0. The maximum atomic E-state index is 9.76. The number of benzene rings is 2. The number of aliphatic hydroxyl groups is 1. The highest BCUT2D eigenvalue weighted by Crippen LogP contribution is 2.45. The summed E-state index contributed by atoms with van der Waals surface area (Å²) in [5.41, 5.74) is 1.47. The number of fused-ring (bicyclic) bond motifs is 3. The molecule has 5 rings (SSSR count). The molecule has 28 heavy (non-hydrogen) atoms. The average Bonchev–Trinajstić information content (AvgIpc) is 3.27. The Morgan fingerprint density at radius 3 is 1.71 bits per heavy atom. The van der Waals surface area contributed by atoms with Gasteiger partial charge >= 0.3 is 0 Å². The molecule has 3 N–H and O–H groups in total. The zero-order valence-corrected chi connectivity index (χ0v) is 14.8. The van der Waals surface area contributed by atoms with Gasteiger partial charge in [0.25, 0.3) is 0 Å². The fourth-order valence-corrected chi connectivity index (χ4v) is 3.79. The number of rotatable bonds is 3. The molecule has 148 valence electrons. The summed E-state index contributed by atoms with van der Waals surface area (Å²) >= 11 is 0. The second-order valence-electron chi connectivity index (χ2n) is 7.01. The van der Waals surface area contributed by atoms with Gasteiger partial charge < -0.3 is 39.0 Å². The van der Waals surface area contributed by atoms with E-state index in [1.165, 1.54) is 0 Å². The number of aliphatic hydroxyl groups excluding tert-OH is 1. The zero-order chi connectivity index (χ0) is 19.3. The van der Waals surface area contributed by atoms with Crippen molar-refractivity contribution in [3.8, 4) is 11.5 Å². The third-order valence-corrected chi connectivity index (χ3v) is 5.20. The van der Waals surface area contributed by atoms with Crippen molar-refractivity contribution in [1.29, 1.82) is 0 Å². The maximum Gasteiger partial charge on any atom is 0.190 e. The van der Waals surface area contributed by atoms with Gasteiger partial charge in [-0.15, -0.1) is 0 Å². The van der Waals surface area contributed by atoms with Crippen molar-refractivity contribution in [3.63, 3.8) is 0 Å². The molecule has 2 aromatic rings. The first-order valence-electron chi connectivity index (χ1n) is 9.08. The third-order valence-electron chi connectivity index (χ3n) is 5.20. The Hall–Kier alpha value is -2.20. The van der Waals surface area contributed by atoms with E-state index in [2.05, 4.69) is 0 Å². The summed E-state index contributed by atoms with van der Waals surface area (Å²) in [6.45, 7) is -0.236. The Balaban J connectivity index is 1.36. The van der Waals surface area contributed by atoms with Crippen molar-refractivity contribution in [2.75, 3.05) is 6.61 Å². The van der Waals surface area contributed by atoms with Crippen LogP contribution in [-0.4, -0.2) is 52.6 Å². The molecule has 7 unspecified atom stereocenters. The van der Waals surface area contributed by atoms with E-state index in [-0.39, 0.29) is 18.1 Å². The highest BCUT2D eigenvalue weighted by atomic mass is 16.8. The summed E-state index contributed by atoms with van der Waals surface area (Å²) < 4.78 is 29.8. The Bertz CT molecular complexity index is 823. The molecule has 0 spiro atoms. The molecule has 7 atom stereocenters. The Labute approximate surface area is 160 Å². The van der Waals surface area contributed by atoms with Crippen LogP contribution in [0.25, 0.3) is 0 Å². The molecule has 0 aromatic heterocycles. The van der Waals surface area contributed by atoms with Crippen LogP contribution in [-0.2, 0) is 23.7 Å². The standard InChI is InChI=1S/C20H20O8/c21-9-14-15-16(26-18(24-14)10-1-5-12(22)6-2-10)17-20(25-15)28-19(27-17)11-3-7-13(23)8-4-11/h1-8,14-23H,9H2. The monoisotopic (exact) mass is 388 g/mol. The quantitative estimate of drug-likeness (QED) is 0.730. The SMILES string of the molecule is OCC1OC(c2ccc(O)cc2)OC2C1OC1OC(c3ccc(O)cc3)OC12. The van der Waals surface area contributed by atoms with E-state index in [1.807, 2.05) is 0 Å². The molecular weight excluding hydrogens is 368 g/mol. The van der Waals surface area contributed by atoms with Crippen LogP contribution in [0, 0.1) is 0 Å². The molecule has 3 aliphatic rings. The number of ether oxygens (including phenoxy) is 5. The largest absolute Gasteiger partial charge is 0.508 e. The molecule has 0 radical (unpaired) electrons. The topological polar surface area (TPSA) is 107 Å². The average molecular weight is 388 g/mol. The first-order chi connectivity index (χ1) is 13.6. The summed E-state index contributed by atoms with van der Waals surface area (Å²) in [4.78, 5) is 0. The van der Waals surface area contributed by atoms with Crippen molar-refractivity contribution < 1.29 is 39.0 Å². The van der Waals surface area contributed by atoms with Crippen LogP contribution < -0.4 is 0 Å². The highest BCUT2D eigenvalue weighted by Gasteiger charge is 2.58. The van der Waals surface area contributed by atoms with Gasteiger partial charge in [0.2, 0.25) is 0 Å². The lowest BCUT2D eigenvalue weighted by atomic mass is 10.0. The van der Waals surface area contributed by atoms with E-state index in [0.717, 1.165) is 5.56 Å². The van der Waals surface area contributed by atoms with Crippen molar-refractivity contribution in [3.05, 3.63) is 59.7 Å². The summed E-state index contributed by atoms with van der Waals surface area (Å²) in [5, 5.41) is 28.7. The fourth-order valence-electron chi connectivity index (χ4n) is 3.79. The molecule has 0 amide bonds. The van der Waals surface area contributed by atoms with Crippen LogP contribution in [0.3, 0.4) is 0 Å². The lowest BCUT2D eigenvalue weighted by Crippen LogP contribution is -2.50. The summed E-state index contributed by atoms with van der Waals surface area (Å²) in [6.07, 6.45) is -4.10. The second-order valence-corrected chi connectivity index (χ2v) is 7.01. The number of hydrogen-bond acceptors (Lipinski definition) is 8. The van der Waals surface area contributed by atoms with Gasteiger partial charge in [-0.3, -0.25) is 0 Å². The van der Waals surface area contributed by atoms with Crippen LogP contribution in [0.4, 0.5) is 0 Å². The minimum atomic E-state index is -0.724. The predicted molar refractivity (Wildman–Crippen MR) is 93.1 cm³/mol. The highest BCUT2D eigenvalue weighted by molar-refractivity contribution is 5.28. The summed E-state index contributed by atoms with van der Waals surface area (Å²) in [5.74, 6) is 0.304. The van der Waals surface area contributed by atoms with E-state index >= 15 is 0 Å². The molecule has 8 nitrogen and oxygen atoms in total. The van der Waals surface area contributed by atoms with Crippen LogP contribution in [0.1, 0.15) is 23.7 Å². The number of phenolic OH excluding ortho intramolecular Hbond substituents is 2. The fraction of sp³-hybridized carbons (Fsp3) is 0.400. The minimum absolute atomic E-state index is 0.143. The number of phenols is 2. The Kier molecular flexibility index (Phi) is 4.47. The van der Waals surface area contributed by atoms with Gasteiger partial charge in [-0.25, -0.2) is 0 Å². The molecule has 0 saturated carbocycles. The summed E-state index contributed by atoms with van der Waals surface area (Å²) in [6, 6.07) is 13.1. The van der Waals surface area contributed by atoms with Crippen LogP contribution in [0.2, 0.25) is 0 Å².